The van der Waals surface area contributed by atoms with Crippen LogP contribution in [0.1, 0.15) is 107 Å². The van der Waals surface area contributed by atoms with E-state index < -0.39 is 163 Å². The molecule has 0 radical (unpaired) electrons. The molecule has 4 aromatic carbocycles. The Morgan fingerprint density at radius 1 is 0.296 bits per heavy atom. The largest absolute Gasteiger partial charge is 0.511 e. The number of fused-ring (bicyclic) bond motifs is 11. The van der Waals surface area contributed by atoms with Crippen LogP contribution in [0.3, 0.4) is 0 Å². The molecule has 135 heavy (non-hydrogen) atoms. The standard InChI is InChI=1S/C95H104N4O33S3/c1-50(100)115-47-74-81-84(130-93(106)124-56(7)121-81)87(118-53(4)103)90(127-74)133-44-41-109-35-38-112-63-21-15-60(16-22-63)78-68-29-27-66(96-68)77(59-13-11-10-12-14-59)67-28-30-69(97-67)79(61-17-23-64(24-18-61)113-39-36-110-42-45-134-91-88(119-54(5)104)85-82(75(128-91)48-116-51(2)101)122-57(8)125-94(107)131-85)71-32-34-73(99-71)80(72-33-31-70(78)98-72)62-19-25-65(26-20-62)114-40-37-111-43-46-135-92-89(120-55(6)105)86-83(76(129-92)49-117-52(3)102)123-58(9)126-95(108)132-86/h10-34,56-58,74-76,81-92,96-99H,35-49H2,1-9H3. The Hall–Kier alpha value is -11.8. The SMILES string of the molecule is CC(=O)OCC1OC(SCCOCCOc2ccc(C3=c4ccc([nH]4)=C(c4ccccc4)c4ccc([nH]4)C(c4ccc(OCCOCCSC5OC(COC(C)=O)C6OC(C)OC(=O)OC6C5OC(C)=O)cc4)=c4ccc([nH]4)=C(c4ccc(OCCOCCSC5OC(COC(C)=O)C6OC(C)OC(=O)OC6C5OC(C)=O)cc4)c4ccc3[nH]4)cc2)C(OC(C)=O)C2OC(=O)OC(C)OC12. The van der Waals surface area contributed by atoms with Gasteiger partial charge in [-0.1, -0.05) is 66.7 Å². The Balaban J connectivity index is 0.669. The molecule has 0 amide bonds. The molecule has 40 heteroatoms. The van der Waals surface area contributed by atoms with Gasteiger partial charge in [-0.25, -0.2) is 14.4 Å². The average Bonchev–Trinajstić information content (AvgIpc) is 0.928. The summed E-state index contributed by atoms with van der Waals surface area (Å²) in [6.07, 6.45) is -18.7. The average molecular weight is 1930 g/mol. The molecule has 7 aliphatic heterocycles. The number of carbonyl (C=O) groups excluding carboxylic acids is 9. The first-order chi connectivity index (χ1) is 65.3. The van der Waals surface area contributed by atoms with Crippen LogP contribution in [-0.2, 0) is 128 Å². The van der Waals surface area contributed by atoms with Crippen LogP contribution >= 0.6 is 35.3 Å². The molecule has 4 aromatic heterocycles. The summed E-state index contributed by atoms with van der Waals surface area (Å²) < 4.78 is 139. The number of ether oxygens (including phenoxy) is 24. The number of nitrogens with one attached hydrogen (secondary N) is 4. The number of carbonyl (C=O) groups is 9. The molecular weight excluding hydrogens is 1820 g/mol. The summed E-state index contributed by atoms with van der Waals surface area (Å²) in [4.78, 5) is 127. The number of H-pyrrole nitrogens is 4. The minimum absolute atomic E-state index is 0.171. The number of esters is 6. The van der Waals surface area contributed by atoms with E-state index in [0.29, 0.717) is 34.5 Å². The van der Waals surface area contributed by atoms with Gasteiger partial charge in [-0.15, -0.1) is 35.3 Å². The van der Waals surface area contributed by atoms with Gasteiger partial charge in [0.15, 0.2) is 36.6 Å². The lowest BCUT2D eigenvalue weighted by atomic mass is 9.99. The normalized spacial score (nSPS) is 25.3. The lowest BCUT2D eigenvalue weighted by Crippen LogP contribution is -2.60. The van der Waals surface area contributed by atoms with Crippen molar-refractivity contribution < 1.29 is 157 Å². The zero-order valence-electron chi connectivity index (χ0n) is 75.1. The second-order valence-electron chi connectivity index (χ2n) is 31.7. The molecule has 6 saturated heterocycles. The zero-order chi connectivity index (χ0) is 94.8. The second-order valence-corrected chi connectivity index (χ2v) is 35.3. The molecule has 0 aliphatic carbocycles. The molecule has 15 rings (SSSR count). The van der Waals surface area contributed by atoms with Crippen LogP contribution in [0.4, 0.5) is 14.4 Å². The zero-order valence-corrected chi connectivity index (χ0v) is 77.6. The first-order valence-corrected chi connectivity index (χ1v) is 47.0. The first kappa shape index (κ1) is 97.7. The quantitative estimate of drug-likeness (QED) is 0.0162. The molecule has 6 fully saturated rings. The topological polar surface area (TPSA) is 438 Å². The monoisotopic (exact) mass is 1920 g/mol. The summed E-state index contributed by atoms with van der Waals surface area (Å²) in [5.74, 6) is -0.863. The third kappa shape index (κ3) is 25.5. The van der Waals surface area contributed by atoms with Crippen LogP contribution in [0.5, 0.6) is 17.2 Å². The highest BCUT2D eigenvalue weighted by Crippen LogP contribution is 2.41. The van der Waals surface area contributed by atoms with Crippen LogP contribution in [0, 0.1) is 0 Å². The Kier molecular flexibility index (Phi) is 33.4. The third-order valence-corrected chi connectivity index (χ3v) is 25.3. The van der Waals surface area contributed by atoms with E-state index >= 15 is 0 Å². The molecule has 4 N–H and O–H groups in total. The molecule has 0 spiro atoms. The van der Waals surface area contributed by atoms with Gasteiger partial charge >= 0.3 is 54.3 Å². The number of hydrogen-bond acceptors (Lipinski definition) is 36. The van der Waals surface area contributed by atoms with Crippen molar-refractivity contribution in [3.8, 4) is 17.2 Å². The van der Waals surface area contributed by atoms with Gasteiger partial charge in [-0.3, -0.25) is 28.8 Å². The van der Waals surface area contributed by atoms with Crippen LogP contribution in [-0.4, -0.2) is 279 Å². The maximum atomic E-state index is 12.7. The maximum absolute atomic E-state index is 12.7. The molecule has 8 aromatic rings. The molecule has 37 nitrogen and oxygen atoms in total. The van der Waals surface area contributed by atoms with E-state index in [0.717, 1.165) is 88.7 Å². The van der Waals surface area contributed by atoms with Crippen LogP contribution in [0.15, 0.2) is 152 Å². The summed E-state index contributed by atoms with van der Waals surface area (Å²) >= 11 is 3.77. The van der Waals surface area contributed by atoms with E-state index in [2.05, 4.69) is 80.6 Å². The van der Waals surface area contributed by atoms with E-state index in [1.807, 2.05) is 91.0 Å². The molecule has 720 valence electrons. The van der Waals surface area contributed by atoms with Crippen molar-refractivity contribution in [1.29, 1.82) is 0 Å². The summed E-state index contributed by atoms with van der Waals surface area (Å²) in [6.45, 7) is 13.0. The fourth-order valence-corrected chi connectivity index (χ4v) is 19.6. The van der Waals surface area contributed by atoms with Crippen LogP contribution < -0.4 is 35.6 Å². The van der Waals surface area contributed by atoms with Gasteiger partial charge in [-0.2, -0.15) is 0 Å². The predicted molar refractivity (Wildman–Crippen MR) is 480 cm³/mol. The second kappa shape index (κ2) is 46.2. The summed E-state index contributed by atoms with van der Waals surface area (Å²) in [5, 5.41) is 3.16. The number of benzene rings is 4. The highest BCUT2D eigenvalue weighted by molar-refractivity contribution is 8.00. The van der Waals surface area contributed by atoms with Gasteiger partial charge in [0, 0.05) is 125 Å². The molecule has 18 atom stereocenters. The fourth-order valence-electron chi connectivity index (χ4n) is 16.4. The van der Waals surface area contributed by atoms with E-state index in [9.17, 15) is 43.2 Å². The molecule has 0 saturated carbocycles. The Labute approximate surface area is 786 Å². The van der Waals surface area contributed by atoms with E-state index in [-0.39, 0.29) is 79.3 Å². The van der Waals surface area contributed by atoms with Gasteiger partial charge in [0.25, 0.3) is 0 Å². The number of aromatic amines is 4. The van der Waals surface area contributed by atoms with Gasteiger partial charge in [0.2, 0.25) is 18.9 Å². The van der Waals surface area contributed by atoms with Gasteiger partial charge in [0.05, 0.1) is 39.6 Å². The number of cyclic esters (lactones) is 3. The molecule has 8 bridgehead atoms. The highest BCUT2D eigenvalue weighted by Gasteiger charge is 2.57. The van der Waals surface area contributed by atoms with Crippen molar-refractivity contribution in [2.24, 2.45) is 0 Å². The van der Waals surface area contributed by atoms with Crippen molar-refractivity contribution in [2.75, 3.05) is 96.5 Å². The number of aromatic nitrogens is 4. The Morgan fingerprint density at radius 3 is 0.837 bits per heavy atom. The number of hydrogen-bond donors (Lipinski definition) is 4. The van der Waals surface area contributed by atoms with E-state index in [1.165, 1.54) is 97.6 Å². The highest BCUT2D eigenvalue weighted by atomic mass is 32.2. The number of rotatable bonds is 37. The predicted octanol–water partition coefficient (Wildman–Crippen LogP) is 8.15. The fraction of sp³-hybridized carbons (Fsp3) is 0.442. The Bertz CT molecular complexity index is 5730. The molecule has 18 unspecified atom stereocenters. The van der Waals surface area contributed by atoms with Crippen molar-refractivity contribution in [3.05, 3.63) is 218 Å². The van der Waals surface area contributed by atoms with Crippen molar-refractivity contribution >= 4 is 112 Å². The minimum Gasteiger partial charge on any atom is -0.491 e. The lowest BCUT2D eigenvalue weighted by molar-refractivity contribution is -0.239. The van der Waals surface area contributed by atoms with Gasteiger partial charge < -0.3 is 134 Å². The smallest absolute Gasteiger partial charge is 0.491 e. The minimum atomic E-state index is -1.15. The van der Waals surface area contributed by atoms with Crippen LogP contribution in [0.2, 0.25) is 0 Å². The third-order valence-electron chi connectivity index (χ3n) is 22.0. The molecule has 7 aliphatic rings. The first-order valence-electron chi connectivity index (χ1n) is 43.9. The summed E-state index contributed by atoms with van der Waals surface area (Å²) in [6, 6.07) is 50.0. The summed E-state index contributed by atoms with van der Waals surface area (Å²) in [7, 11) is 0. The van der Waals surface area contributed by atoms with Crippen molar-refractivity contribution in [3.63, 3.8) is 0 Å². The van der Waals surface area contributed by atoms with Gasteiger partial charge in [0.1, 0.15) is 110 Å². The molecule has 11 heterocycles. The van der Waals surface area contributed by atoms with E-state index in [1.54, 1.807) is 0 Å². The summed E-state index contributed by atoms with van der Waals surface area (Å²) in [5.41, 5.74) is 7.37. The number of thioether (sulfide) groups is 3. The van der Waals surface area contributed by atoms with Crippen LogP contribution in [0.25, 0.3) is 22.3 Å². The maximum Gasteiger partial charge on any atom is 0.511 e. The lowest BCUT2D eigenvalue weighted by Gasteiger charge is -2.43. The van der Waals surface area contributed by atoms with Crippen molar-refractivity contribution in [2.45, 2.75) is 171 Å². The Morgan fingerprint density at radius 2 is 0.570 bits per heavy atom. The van der Waals surface area contributed by atoms with E-state index in [4.69, 9.17) is 114 Å². The molecular formula is C95H104N4O33S3. The van der Waals surface area contributed by atoms with Crippen molar-refractivity contribution in [1.82, 2.24) is 19.9 Å². The van der Waals surface area contributed by atoms with Gasteiger partial charge in [-0.05, 0) is 128 Å².